The monoisotopic (exact) mass is 257 g/mol. The fraction of sp³-hybridized carbons (Fsp3) is 0.700. The highest BCUT2D eigenvalue weighted by atomic mass is 79.9. The lowest BCUT2D eigenvalue weighted by molar-refractivity contribution is 0.623. The van der Waals surface area contributed by atoms with Gasteiger partial charge in [-0.2, -0.15) is 5.10 Å². The van der Waals surface area contributed by atoms with E-state index in [9.17, 15) is 0 Å². The van der Waals surface area contributed by atoms with Gasteiger partial charge in [0, 0.05) is 0 Å². The Labute approximate surface area is 92.8 Å². The first-order chi connectivity index (χ1) is 6.70. The van der Waals surface area contributed by atoms with Crippen molar-refractivity contribution in [3.8, 4) is 0 Å². The van der Waals surface area contributed by atoms with Crippen LogP contribution in [0.4, 0.5) is 0 Å². The van der Waals surface area contributed by atoms with Gasteiger partial charge in [-0.3, -0.25) is 5.10 Å². The maximum absolute atomic E-state index is 4.35. The van der Waals surface area contributed by atoms with Crippen molar-refractivity contribution < 1.29 is 0 Å². The summed E-state index contributed by atoms with van der Waals surface area (Å²) < 4.78 is 1.16. The van der Waals surface area contributed by atoms with Crippen molar-refractivity contribution in [2.75, 3.05) is 6.54 Å². The first kappa shape index (κ1) is 10.2. The minimum atomic E-state index is 0.462. The van der Waals surface area contributed by atoms with E-state index in [2.05, 4.69) is 45.3 Å². The second-order valence-corrected chi connectivity index (χ2v) is 4.93. The van der Waals surface area contributed by atoms with Gasteiger partial charge in [-0.05, 0) is 41.2 Å². The van der Waals surface area contributed by atoms with Crippen molar-refractivity contribution >= 4 is 15.9 Å². The molecule has 0 amide bonds. The molecule has 2 heterocycles. The maximum Gasteiger partial charge on any atom is 0.0793 e. The van der Waals surface area contributed by atoms with Gasteiger partial charge in [0.25, 0.3) is 0 Å². The summed E-state index contributed by atoms with van der Waals surface area (Å²) in [5, 5.41) is 11.0. The number of nitrogens with one attached hydrogen (secondary N) is 2. The van der Waals surface area contributed by atoms with Gasteiger partial charge >= 0.3 is 0 Å². The van der Waals surface area contributed by atoms with E-state index in [1.165, 1.54) is 18.5 Å². The molecule has 0 radical (unpaired) electrons. The number of nitrogens with zero attached hydrogens (tertiary/aromatic N) is 1. The van der Waals surface area contributed by atoms with E-state index < -0.39 is 0 Å². The zero-order valence-corrected chi connectivity index (χ0v) is 10.2. The minimum absolute atomic E-state index is 0.462. The maximum atomic E-state index is 4.35. The van der Waals surface area contributed by atoms with Crippen molar-refractivity contribution in [2.45, 2.75) is 38.6 Å². The molecule has 0 bridgehead atoms. The van der Waals surface area contributed by atoms with Gasteiger partial charge in [0.05, 0.1) is 21.9 Å². The Balaban J connectivity index is 2.26. The van der Waals surface area contributed by atoms with E-state index in [4.69, 9.17) is 0 Å². The number of hydrogen-bond donors (Lipinski definition) is 2. The van der Waals surface area contributed by atoms with Gasteiger partial charge in [-0.1, -0.05) is 13.8 Å². The number of aromatic nitrogens is 2. The molecule has 0 spiro atoms. The van der Waals surface area contributed by atoms with Crippen LogP contribution in [0.25, 0.3) is 0 Å². The van der Waals surface area contributed by atoms with Crippen LogP contribution in [0.3, 0.4) is 0 Å². The van der Waals surface area contributed by atoms with Crippen LogP contribution < -0.4 is 5.32 Å². The molecule has 0 saturated carbocycles. The summed E-state index contributed by atoms with van der Waals surface area (Å²) in [6, 6.07) is 0.462. The third-order valence-electron chi connectivity index (χ3n) is 2.71. The van der Waals surface area contributed by atoms with Crippen LogP contribution in [-0.4, -0.2) is 16.7 Å². The molecule has 78 valence electrons. The van der Waals surface area contributed by atoms with Crippen LogP contribution in [0.15, 0.2) is 4.47 Å². The molecule has 1 fully saturated rings. The molecule has 1 saturated heterocycles. The molecule has 0 aliphatic carbocycles. The standard InChI is InChI=1S/C10H16BrN3/c1-6(2)9-8(11)10(14-13-9)7-4-3-5-12-7/h6-7,12H,3-5H2,1-2H3,(H,13,14). The lowest BCUT2D eigenvalue weighted by atomic mass is 10.1. The molecule has 3 nitrogen and oxygen atoms in total. The van der Waals surface area contributed by atoms with E-state index in [0.29, 0.717) is 12.0 Å². The average Bonchev–Trinajstić information content (AvgIpc) is 2.71. The third-order valence-corrected chi connectivity index (χ3v) is 3.55. The average molecular weight is 258 g/mol. The Morgan fingerprint density at radius 1 is 1.50 bits per heavy atom. The van der Waals surface area contributed by atoms with Gasteiger partial charge in [-0.15, -0.1) is 0 Å². The predicted molar refractivity (Wildman–Crippen MR) is 60.4 cm³/mol. The fourth-order valence-corrected chi connectivity index (χ4v) is 2.81. The zero-order chi connectivity index (χ0) is 10.1. The van der Waals surface area contributed by atoms with Crippen LogP contribution in [0.5, 0.6) is 0 Å². The largest absolute Gasteiger partial charge is 0.309 e. The number of hydrogen-bond acceptors (Lipinski definition) is 2. The number of rotatable bonds is 2. The van der Waals surface area contributed by atoms with Crippen molar-refractivity contribution in [2.24, 2.45) is 0 Å². The topological polar surface area (TPSA) is 40.7 Å². The molecule has 14 heavy (non-hydrogen) atoms. The molecule has 1 unspecified atom stereocenters. The number of H-pyrrole nitrogens is 1. The Kier molecular flexibility index (Phi) is 2.93. The van der Waals surface area contributed by atoms with E-state index in [0.717, 1.165) is 16.7 Å². The lowest BCUT2D eigenvalue weighted by Gasteiger charge is -2.08. The smallest absolute Gasteiger partial charge is 0.0793 e. The quantitative estimate of drug-likeness (QED) is 0.856. The Bertz CT molecular complexity index is 313. The summed E-state index contributed by atoms with van der Waals surface area (Å²) in [7, 11) is 0. The molecule has 4 heteroatoms. The summed E-state index contributed by atoms with van der Waals surface area (Å²) >= 11 is 3.63. The van der Waals surface area contributed by atoms with Gasteiger partial charge in [-0.25, -0.2) is 0 Å². The summed E-state index contributed by atoms with van der Waals surface area (Å²) in [6.45, 7) is 5.44. The molecule has 2 N–H and O–H groups in total. The summed E-state index contributed by atoms with van der Waals surface area (Å²) in [6.07, 6.45) is 2.46. The Morgan fingerprint density at radius 3 is 2.79 bits per heavy atom. The van der Waals surface area contributed by atoms with Crippen molar-refractivity contribution in [1.82, 2.24) is 15.5 Å². The minimum Gasteiger partial charge on any atom is -0.309 e. The second-order valence-electron chi connectivity index (χ2n) is 4.14. The molecular weight excluding hydrogens is 242 g/mol. The summed E-state index contributed by atoms with van der Waals surface area (Å²) in [5.74, 6) is 0.468. The van der Waals surface area contributed by atoms with Crippen LogP contribution >= 0.6 is 15.9 Å². The molecule has 1 aromatic rings. The van der Waals surface area contributed by atoms with E-state index >= 15 is 0 Å². The van der Waals surface area contributed by atoms with Gasteiger partial charge < -0.3 is 5.32 Å². The molecule has 2 rings (SSSR count). The lowest BCUT2D eigenvalue weighted by Crippen LogP contribution is -2.13. The van der Waals surface area contributed by atoms with Crippen molar-refractivity contribution in [3.63, 3.8) is 0 Å². The van der Waals surface area contributed by atoms with Crippen LogP contribution in [0, 0.1) is 0 Å². The molecular formula is C10H16BrN3. The molecule has 1 aromatic heterocycles. The van der Waals surface area contributed by atoms with Crippen LogP contribution in [-0.2, 0) is 0 Å². The van der Waals surface area contributed by atoms with Crippen molar-refractivity contribution in [1.29, 1.82) is 0 Å². The van der Waals surface area contributed by atoms with E-state index in [1.54, 1.807) is 0 Å². The highest BCUT2D eigenvalue weighted by molar-refractivity contribution is 9.10. The summed E-state index contributed by atoms with van der Waals surface area (Å²) in [4.78, 5) is 0. The first-order valence-electron chi connectivity index (χ1n) is 5.17. The van der Waals surface area contributed by atoms with Gasteiger partial charge in [0.1, 0.15) is 0 Å². The van der Waals surface area contributed by atoms with Gasteiger partial charge in [0.15, 0.2) is 0 Å². The molecule has 1 atom stereocenters. The summed E-state index contributed by atoms with van der Waals surface area (Å²) in [5.41, 5.74) is 2.35. The van der Waals surface area contributed by atoms with E-state index in [1.807, 2.05) is 0 Å². The zero-order valence-electron chi connectivity index (χ0n) is 8.60. The fourth-order valence-electron chi connectivity index (χ4n) is 1.90. The van der Waals surface area contributed by atoms with Crippen LogP contribution in [0.1, 0.15) is 50.0 Å². The SMILES string of the molecule is CC(C)c1n[nH]c(C2CCCN2)c1Br. The molecule has 1 aliphatic rings. The van der Waals surface area contributed by atoms with E-state index in [-0.39, 0.29) is 0 Å². The Hall–Kier alpha value is -0.350. The second kappa shape index (κ2) is 4.03. The number of halogens is 1. The third kappa shape index (κ3) is 1.73. The Morgan fingerprint density at radius 2 is 2.29 bits per heavy atom. The molecule has 0 aromatic carbocycles. The highest BCUT2D eigenvalue weighted by Crippen LogP contribution is 2.32. The molecule has 1 aliphatic heterocycles. The highest BCUT2D eigenvalue weighted by Gasteiger charge is 2.23. The van der Waals surface area contributed by atoms with Crippen molar-refractivity contribution in [3.05, 3.63) is 15.9 Å². The van der Waals surface area contributed by atoms with Crippen LogP contribution in [0.2, 0.25) is 0 Å². The number of aromatic amines is 1. The normalized spacial score (nSPS) is 22.1. The predicted octanol–water partition coefficient (Wildman–Crippen LogP) is 2.72. The first-order valence-corrected chi connectivity index (χ1v) is 5.96. The van der Waals surface area contributed by atoms with Gasteiger partial charge in [0.2, 0.25) is 0 Å².